The highest BCUT2D eigenvalue weighted by Gasteiger charge is 2.42. The molecule has 2 N–H and O–H groups in total. The first kappa shape index (κ1) is 19.9. The minimum absolute atomic E-state index is 0.0217. The Hall–Kier alpha value is -3.01. The molecule has 9 heteroatoms. The first-order chi connectivity index (χ1) is 15.2. The number of carbonyl (C=O) groups excluding carboxylic acids is 1. The number of thioether (sulfide) groups is 1. The van der Waals surface area contributed by atoms with Gasteiger partial charge in [-0.05, 0) is 24.1 Å². The Morgan fingerprint density at radius 3 is 2.74 bits per heavy atom. The Labute approximate surface area is 184 Å². The Morgan fingerprint density at radius 2 is 1.97 bits per heavy atom. The molecule has 2 aliphatic heterocycles. The SMILES string of the molecule is CCc1ccc(-c2noc(CSC3=NC4NNCC4C(=O)N3c3ccccc3)n2)cc1. The highest BCUT2D eigenvalue weighted by Crippen LogP contribution is 2.30. The third-order valence-electron chi connectivity index (χ3n) is 5.36. The van der Waals surface area contributed by atoms with E-state index in [4.69, 9.17) is 9.52 Å². The number of hydrazine groups is 1. The van der Waals surface area contributed by atoms with E-state index in [2.05, 4.69) is 40.0 Å². The number of para-hydroxylation sites is 1. The molecule has 1 saturated heterocycles. The Kier molecular flexibility index (Phi) is 5.54. The lowest BCUT2D eigenvalue weighted by molar-refractivity contribution is -0.121. The molecule has 0 bridgehead atoms. The number of amidine groups is 1. The van der Waals surface area contributed by atoms with Gasteiger partial charge in [-0.25, -0.2) is 10.4 Å². The number of fused-ring (bicyclic) bond motifs is 1. The second-order valence-corrected chi connectivity index (χ2v) is 8.29. The molecule has 0 spiro atoms. The minimum Gasteiger partial charge on any atom is -0.338 e. The highest BCUT2D eigenvalue weighted by atomic mass is 32.2. The van der Waals surface area contributed by atoms with E-state index in [0.29, 0.717) is 29.2 Å². The van der Waals surface area contributed by atoms with Crippen molar-refractivity contribution in [2.75, 3.05) is 11.4 Å². The zero-order valence-electron chi connectivity index (χ0n) is 17.0. The number of aryl methyl sites for hydroxylation is 1. The van der Waals surface area contributed by atoms with Crippen molar-refractivity contribution in [1.82, 2.24) is 21.0 Å². The van der Waals surface area contributed by atoms with E-state index in [1.165, 1.54) is 17.3 Å². The molecule has 0 radical (unpaired) electrons. The first-order valence-electron chi connectivity index (χ1n) is 10.2. The summed E-state index contributed by atoms with van der Waals surface area (Å²) in [5.41, 5.74) is 9.08. The first-order valence-corrected chi connectivity index (χ1v) is 11.2. The van der Waals surface area contributed by atoms with Crippen molar-refractivity contribution < 1.29 is 9.32 Å². The summed E-state index contributed by atoms with van der Waals surface area (Å²) >= 11 is 1.41. The summed E-state index contributed by atoms with van der Waals surface area (Å²) < 4.78 is 5.45. The lowest BCUT2D eigenvalue weighted by Gasteiger charge is -2.32. The minimum atomic E-state index is -0.273. The van der Waals surface area contributed by atoms with Gasteiger partial charge in [0.05, 0.1) is 17.4 Å². The lowest BCUT2D eigenvalue weighted by Crippen LogP contribution is -2.49. The van der Waals surface area contributed by atoms with Crippen molar-refractivity contribution in [3.63, 3.8) is 0 Å². The summed E-state index contributed by atoms with van der Waals surface area (Å²) in [7, 11) is 0. The standard InChI is InChI=1S/C22H22N6O2S/c1-2-14-8-10-15(11-9-14)19-24-18(30-27-19)13-31-22-25-20-17(12-23-26-20)21(29)28(22)16-6-4-3-5-7-16/h3-11,17,20,23,26H,2,12-13H2,1H3. The molecule has 1 fully saturated rings. The van der Waals surface area contributed by atoms with Crippen LogP contribution < -0.4 is 15.8 Å². The topological polar surface area (TPSA) is 95.7 Å². The molecule has 2 aromatic carbocycles. The van der Waals surface area contributed by atoms with Crippen molar-refractivity contribution in [2.24, 2.45) is 10.9 Å². The van der Waals surface area contributed by atoms with Crippen molar-refractivity contribution >= 4 is 28.5 Å². The van der Waals surface area contributed by atoms with Crippen LogP contribution in [0.15, 0.2) is 64.1 Å². The van der Waals surface area contributed by atoms with Crippen LogP contribution in [0.4, 0.5) is 5.69 Å². The Morgan fingerprint density at radius 1 is 1.16 bits per heavy atom. The average molecular weight is 435 g/mol. The largest absolute Gasteiger partial charge is 0.338 e. The second kappa shape index (κ2) is 8.62. The molecular formula is C22H22N6O2S. The van der Waals surface area contributed by atoms with Crippen molar-refractivity contribution in [3.05, 3.63) is 66.1 Å². The number of aromatic nitrogens is 2. The predicted molar refractivity (Wildman–Crippen MR) is 120 cm³/mol. The molecule has 31 heavy (non-hydrogen) atoms. The van der Waals surface area contributed by atoms with Gasteiger partial charge in [-0.15, -0.1) is 0 Å². The fourth-order valence-electron chi connectivity index (χ4n) is 3.63. The summed E-state index contributed by atoms with van der Waals surface area (Å²) in [6, 6.07) is 17.7. The van der Waals surface area contributed by atoms with Gasteiger partial charge in [0.1, 0.15) is 6.17 Å². The molecule has 1 amide bonds. The van der Waals surface area contributed by atoms with Crippen LogP contribution in [0, 0.1) is 5.92 Å². The maximum absolute atomic E-state index is 13.2. The number of carbonyl (C=O) groups is 1. The molecule has 1 aromatic heterocycles. The fourth-order valence-corrected chi connectivity index (χ4v) is 4.51. The van der Waals surface area contributed by atoms with E-state index in [9.17, 15) is 4.79 Å². The Bertz CT molecular complexity index is 1100. The van der Waals surface area contributed by atoms with E-state index in [1.807, 2.05) is 42.5 Å². The molecule has 0 aliphatic carbocycles. The Balaban J connectivity index is 1.35. The zero-order valence-corrected chi connectivity index (χ0v) is 17.8. The average Bonchev–Trinajstić information content (AvgIpc) is 3.48. The number of rotatable bonds is 5. The maximum Gasteiger partial charge on any atom is 0.241 e. The number of aliphatic imine (C=N–C) groups is 1. The van der Waals surface area contributed by atoms with Crippen LogP contribution in [0.5, 0.6) is 0 Å². The van der Waals surface area contributed by atoms with Gasteiger partial charge in [0.25, 0.3) is 0 Å². The van der Waals surface area contributed by atoms with Gasteiger partial charge in [0.15, 0.2) is 5.17 Å². The van der Waals surface area contributed by atoms with Gasteiger partial charge in [-0.1, -0.05) is 66.3 Å². The van der Waals surface area contributed by atoms with E-state index >= 15 is 0 Å². The second-order valence-electron chi connectivity index (χ2n) is 7.35. The maximum atomic E-state index is 13.2. The number of benzene rings is 2. The van der Waals surface area contributed by atoms with Crippen LogP contribution in [-0.2, 0) is 17.0 Å². The highest BCUT2D eigenvalue weighted by molar-refractivity contribution is 8.13. The van der Waals surface area contributed by atoms with Crippen molar-refractivity contribution in [3.8, 4) is 11.4 Å². The van der Waals surface area contributed by atoms with E-state index in [1.54, 1.807) is 4.90 Å². The molecule has 8 nitrogen and oxygen atoms in total. The third-order valence-corrected chi connectivity index (χ3v) is 6.30. The molecule has 3 heterocycles. The smallest absolute Gasteiger partial charge is 0.241 e. The quantitative estimate of drug-likeness (QED) is 0.637. The molecule has 2 unspecified atom stereocenters. The van der Waals surface area contributed by atoms with Gasteiger partial charge in [0, 0.05) is 12.1 Å². The molecule has 5 rings (SSSR count). The van der Waals surface area contributed by atoms with Gasteiger partial charge < -0.3 is 4.52 Å². The van der Waals surface area contributed by atoms with Crippen LogP contribution in [0.3, 0.4) is 0 Å². The monoisotopic (exact) mass is 434 g/mol. The van der Waals surface area contributed by atoms with E-state index in [0.717, 1.165) is 17.7 Å². The lowest BCUT2D eigenvalue weighted by atomic mass is 10.1. The van der Waals surface area contributed by atoms with Crippen LogP contribution in [0.1, 0.15) is 18.4 Å². The van der Waals surface area contributed by atoms with Crippen LogP contribution in [0.25, 0.3) is 11.4 Å². The van der Waals surface area contributed by atoms with Crippen molar-refractivity contribution in [1.29, 1.82) is 0 Å². The van der Waals surface area contributed by atoms with Crippen LogP contribution >= 0.6 is 11.8 Å². The zero-order chi connectivity index (χ0) is 21.2. The predicted octanol–water partition coefficient (Wildman–Crippen LogP) is 2.99. The van der Waals surface area contributed by atoms with Crippen LogP contribution in [0.2, 0.25) is 0 Å². The number of amides is 1. The van der Waals surface area contributed by atoms with Gasteiger partial charge in [-0.3, -0.25) is 15.1 Å². The van der Waals surface area contributed by atoms with E-state index < -0.39 is 0 Å². The number of hydrogen-bond acceptors (Lipinski definition) is 8. The molecule has 0 saturated carbocycles. The molecule has 158 valence electrons. The van der Waals surface area contributed by atoms with Gasteiger partial charge in [-0.2, -0.15) is 4.98 Å². The molecular weight excluding hydrogens is 412 g/mol. The van der Waals surface area contributed by atoms with Crippen LogP contribution in [-0.4, -0.2) is 33.9 Å². The van der Waals surface area contributed by atoms with Crippen molar-refractivity contribution in [2.45, 2.75) is 25.3 Å². The fraction of sp³-hybridized carbons (Fsp3) is 0.273. The number of hydrogen-bond donors (Lipinski definition) is 2. The summed E-state index contributed by atoms with van der Waals surface area (Å²) in [4.78, 5) is 24.1. The summed E-state index contributed by atoms with van der Waals surface area (Å²) in [6.45, 7) is 2.67. The molecule has 3 aromatic rings. The molecule has 2 atom stereocenters. The number of nitrogens with one attached hydrogen (secondary N) is 2. The van der Waals surface area contributed by atoms with Gasteiger partial charge in [0.2, 0.25) is 17.6 Å². The van der Waals surface area contributed by atoms with Gasteiger partial charge >= 0.3 is 0 Å². The summed E-state index contributed by atoms with van der Waals surface area (Å²) in [5.74, 6) is 1.25. The normalized spacial score (nSPS) is 20.6. The number of anilines is 1. The summed E-state index contributed by atoms with van der Waals surface area (Å²) in [6.07, 6.45) is 0.713. The van der Waals surface area contributed by atoms with E-state index in [-0.39, 0.29) is 18.0 Å². The summed E-state index contributed by atoms with van der Waals surface area (Å²) in [5, 5.41) is 4.72. The third kappa shape index (κ3) is 3.99. The molecule has 2 aliphatic rings. The number of nitrogens with zero attached hydrogens (tertiary/aromatic N) is 4.